The van der Waals surface area contributed by atoms with Gasteiger partial charge in [0.15, 0.2) is 0 Å². The van der Waals surface area contributed by atoms with E-state index in [1.165, 1.54) is 25.6 Å². The van der Waals surface area contributed by atoms with Gasteiger partial charge < -0.3 is 38.7 Å². The van der Waals surface area contributed by atoms with Crippen LogP contribution in [0.5, 0.6) is 23.0 Å². The maximum absolute atomic E-state index is 15.1. The minimum Gasteiger partial charge on any atom is -0.497 e. The molecule has 0 radical (unpaired) electrons. The van der Waals surface area contributed by atoms with Gasteiger partial charge in [0.25, 0.3) is 0 Å². The van der Waals surface area contributed by atoms with Crippen LogP contribution in [-0.4, -0.2) is 99.2 Å². The number of hydrogen-bond acceptors (Lipinski definition) is 13. The number of aromatic nitrogens is 1. The van der Waals surface area contributed by atoms with Crippen LogP contribution in [-0.2, 0) is 19.6 Å². The molecule has 3 aliphatic rings. The summed E-state index contributed by atoms with van der Waals surface area (Å²) >= 11 is 0. The summed E-state index contributed by atoms with van der Waals surface area (Å²) in [5.41, 5.74) is 2.82. The molecule has 1 fully saturated rings. The van der Waals surface area contributed by atoms with E-state index in [0.717, 1.165) is 24.0 Å². The van der Waals surface area contributed by atoms with Gasteiger partial charge in [-0.15, -0.1) is 6.58 Å². The predicted octanol–water partition coefficient (Wildman–Crippen LogP) is 7.84. The number of oxime groups is 1. The molecule has 0 bridgehead atoms. The first kappa shape index (κ1) is 46.5. The first-order valence-corrected chi connectivity index (χ1v) is 23.2. The van der Waals surface area contributed by atoms with E-state index in [2.05, 4.69) is 28.1 Å². The SMILES string of the molecule is C=CCOC12Oc3ccc(OC(=O)Nc4ccc(OC)cc4OC)cc3C3C(CCCCO)C(CCCCO)C=C(C(=NOCC)CC1N(C)S(=O)(=O)c1cccc4cccnc14)C32. The number of anilines is 1. The number of sulfonamides is 1. The highest BCUT2D eigenvalue weighted by Crippen LogP contribution is 2.62. The maximum Gasteiger partial charge on any atom is 0.417 e. The number of aliphatic hydroxyl groups is 2. The second-order valence-corrected chi connectivity index (χ2v) is 18.1. The molecule has 16 heteroatoms. The van der Waals surface area contributed by atoms with Crippen LogP contribution in [0.15, 0.2) is 107 Å². The van der Waals surface area contributed by atoms with E-state index < -0.39 is 39.8 Å². The lowest BCUT2D eigenvalue weighted by molar-refractivity contribution is -0.250. The number of fused-ring (bicyclic) bond motifs is 3. The molecule has 7 rings (SSSR count). The van der Waals surface area contributed by atoms with Crippen molar-refractivity contribution in [2.75, 3.05) is 53.0 Å². The molecule has 342 valence electrons. The van der Waals surface area contributed by atoms with E-state index in [0.29, 0.717) is 65.2 Å². The molecule has 1 saturated carbocycles. The van der Waals surface area contributed by atoms with Crippen LogP contribution < -0.4 is 24.3 Å². The van der Waals surface area contributed by atoms with E-state index >= 15 is 8.42 Å². The third kappa shape index (κ3) is 9.20. The van der Waals surface area contributed by atoms with E-state index in [-0.39, 0.29) is 55.3 Å². The standard InChI is InChI=1S/C48H58N4O11S/c1-6-26-60-48-43(52(3)64(56,57)42-18-12-15-31-16-13-23-49-46(31)42)30-39(51-61-7-2)36-27-32(14-8-10-24-53)35(17-9-11-25-54)44(45(36)48)37-28-34(20-22-40(37)63-48)62-47(55)50-38-21-19-33(58-4)29-41(38)59-5/h6,12-13,15-16,18-23,27-29,32,35,43-45,53-54H,1,7-11,14,17,24-26,30H2,2-5H3,(H,50,55). The predicted molar refractivity (Wildman–Crippen MR) is 242 cm³/mol. The summed E-state index contributed by atoms with van der Waals surface area (Å²) in [7, 11) is 0.264. The van der Waals surface area contributed by atoms with Gasteiger partial charge in [-0.05, 0) is 92.5 Å². The number of hydrogen-bond donors (Lipinski definition) is 3. The van der Waals surface area contributed by atoms with Crippen molar-refractivity contribution in [3.8, 4) is 23.0 Å². The molecular formula is C48H58N4O11S. The van der Waals surface area contributed by atoms with E-state index in [1.807, 2.05) is 19.1 Å². The van der Waals surface area contributed by atoms with Crippen LogP contribution in [0.25, 0.3) is 10.9 Å². The third-order valence-corrected chi connectivity index (χ3v) is 14.4. The number of amides is 1. The Morgan fingerprint density at radius 3 is 2.52 bits per heavy atom. The van der Waals surface area contributed by atoms with Gasteiger partial charge in [-0.1, -0.05) is 48.3 Å². The number of rotatable bonds is 20. The molecule has 6 unspecified atom stereocenters. The van der Waals surface area contributed by atoms with Crippen molar-refractivity contribution in [3.05, 3.63) is 103 Å². The summed E-state index contributed by atoms with van der Waals surface area (Å²) in [5.74, 6) is -1.24. The van der Waals surface area contributed by atoms with E-state index in [9.17, 15) is 15.0 Å². The number of aliphatic hydroxyl groups excluding tert-OH is 2. The monoisotopic (exact) mass is 898 g/mol. The lowest BCUT2D eigenvalue weighted by Crippen LogP contribution is -2.69. The number of nitrogens with one attached hydrogen (secondary N) is 1. The summed E-state index contributed by atoms with van der Waals surface area (Å²) in [6.07, 6.45) is 8.79. The van der Waals surface area contributed by atoms with Crippen molar-refractivity contribution in [1.29, 1.82) is 0 Å². The van der Waals surface area contributed by atoms with Crippen LogP contribution in [0.1, 0.15) is 63.4 Å². The number of carbonyl (C=O) groups is 1. The Kier molecular flexibility index (Phi) is 14.9. The lowest BCUT2D eigenvalue weighted by Gasteiger charge is -2.59. The number of pyridine rings is 1. The van der Waals surface area contributed by atoms with E-state index in [1.54, 1.807) is 66.9 Å². The van der Waals surface area contributed by atoms with Crippen molar-refractivity contribution < 1.29 is 51.9 Å². The number of likely N-dealkylation sites (N-methyl/N-ethyl adjacent to an activating group) is 1. The van der Waals surface area contributed by atoms with Gasteiger partial charge >= 0.3 is 6.09 Å². The molecule has 1 amide bonds. The second-order valence-electron chi connectivity index (χ2n) is 16.1. The summed E-state index contributed by atoms with van der Waals surface area (Å²) in [6, 6.07) is 17.8. The number of carbonyl (C=O) groups excluding carboxylic acids is 1. The van der Waals surface area contributed by atoms with Gasteiger partial charge in [0, 0.05) is 55.8 Å². The van der Waals surface area contributed by atoms with Crippen LogP contribution in [0.4, 0.5) is 10.5 Å². The molecule has 2 heterocycles. The molecule has 6 atom stereocenters. The molecule has 4 aromatic rings. The molecule has 0 spiro atoms. The van der Waals surface area contributed by atoms with Crippen molar-refractivity contribution in [2.24, 2.45) is 22.9 Å². The average molecular weight is 899 g/mol. The molecule has 0 saturated heterocycles. The quantitative estimate of drug-likeness (QED) is 0.0444. The Morgan fingerprint density at radius 1 is 1.02 bits per heavy atom. The van der Waals surface area contributed by atoms with E-state index in [4.69, 9.17) is 28.5 Å². The highest BCUT2D eigenvalue weighted by Gasteiger charge is 2.65. The molecular weight excluding hydrogens is 841 g/mol. The van der Waals surface area contributed by atoms with Crippen molar-refractivity contribution in [1.82, 2.24) is 9.29 Å². The summed E-state index contributed by atoms with van der Waals surface area (Å²) < 4.78 is 62.4. The Balaban J connectivity index is 1.40. The zero-order chi connectivity index (χ0) is 45.4. The number of allylic oxidation sites excluding steroid dienone is 1. The van der Waals surface area contributed by atoms with Crippen molar-refractivity contribution in [3.63, 3.8) is 0 Å². The molecule has 15 nitrogen and oxygen atoms in total. The Bertz CT molecular complexity index is 2470. The topological polar surface area (TPSA) is 188 Å². The highest BCUT2D eigenvalue weighted by atomic mass is 32.2. The van der Waals surface area contributed by atoms with Gasteiger partial charge in [-0.25, -0.2) is 13.2 Å². The fourth-order valence-electron chi connectivity index (χ4n) is 9.66. The molecule has 2 aliphatic carbocycles. The number of methoxy groups -OCH3 is 2. The van der Waals surface area contributed by atoms with Crippen molar-refractivity contribution >= 4 is 38.4 Å². The van der Waals surface area contributed by atoms with Crippen molar-refractivity contribution in [2.45, 2.75) is 74.5 Å². The van der Waals surface area contributed by atoms with Crippen LogP contribution >= 0.6 is 0 Å². The maximum atomic E-state index is 15.1. The minimum atomic E-state index is -4.30. The second kappa shape index (κ2) is 20.5. The van der Waals surface area contributed by atoms with Crippen LogP contribution in [0.3, 0.4) is 0 Å². The smallest absolute Gasteiger partial charge is 0.417 e. The van der Waals surface area contributed by atoms with Gasteiger partial charge in [-0.2, -0.15) is 4.31 Å². The molecule has 3 aromatic carbocycles. The molecule has 1 aliphatic heterocycles. The van der Waals surface area contributed by atoms with Crippen LogP contribution in [0, 0.1) is 17.8 Å². The molecule has 1 aromatic heterocycles. The van der Waals surface area contributed by atoms with Gasteiger partial charge in [-0.3, -0.25) is 10.3 Å². The fraction of sp³-hybridized carbons (Fsp3) is 0.438. The first-order valence-electron chi connectivity index (χ1n) is 21.8. The number of ether oxygens (including phenoxy) is 5. The summed E-state index contributed by atoms with van der Waals surface area (Å²) in [5, 5.41) is 27.9. The molecule has 3 N–H and O–H groups in total. The lowest BCUT2D eigenvalue weighted by atomic mass is 9.55. The van der Waals surface area contributed by atoms with Crippen LogP contribution in [0.2, 0.25) is 0 Å². The van der Waals surface area contributed by atoms with Gasteiger partial charge in [0.2, 0.25) is 15.8 Å². The molecule has 64 heavy (non-hydrogen) atoms. The Morgan fingerprint density at radius 2 is 1.78 bits per heavy atom. The summed E-state index contributed by atoms with van der Waals surface area (Å²) in [6.45, 7) is 6.17. The average Bonchev–Trinajstić information content (AvgIpc) is 3.31. The number of para-hydroxylation sites is 1. The number of benzene rings is 3. The van der Waals surface area contributed by atoms with Gasteiger partial charge in [0.1, 0.15) is 34.5 Å². The largest absolute Gasteiger partial charge is 0.497 e. The fourth-order valence-corrected chi connectivity index (χ4v) is 11.2. The summed E-state index contributed by atoms with van der Waals surface area (Å²) in [4.78, 5) is 23.9. The van der Waals surface area contributed by atoms with Gasteiger partial charge in [0.05, 0.1) is 49.7 Å². The third-order valence-electron chi connectivity index (χ3n) is 12.5. The minimum absolute atomic E-state index is 0.0220. The number of nitrogens with zero attached hydrogens (tertiary/aromatic N) is 3. The number of unbranched alkanes of at least 4 members (excludes halogenated alkanes) is 2. The Labute approximate surface area is 374 Å². The zero-order valence-corrected chi connectivity index (χ0v) is 37.6. The normalized spacial score (nSPS) is 23.1. The Hall–Kier alpha value is -5.52. The highest BCUT2D eigenvalue weighted by molar-refractivity contribution is 7.89. The zero-order valence-electron chi connectivity index (χ0n) is 36.8. The first-order chi connectivity index (χ1) is 31.0.